The van der Waals surface area contributed by atoms with Gasteiger partial charge < -0.3 is 4.74 Å². The summed E-state index contributed by atoms with van der Waals surface area (Å²) in [4.78, 5) is 0. The van der Waals surface area contributed by atoms with Crippen molar-refractivity contribution in [2.45, 2.75) is 0 Å². The summed E-state index contributed by atoms with van der Waals surface area (Å²) in [5.41, 5.74) is 0.701. The van der Waals surface area contributed by atoms with Gasteiger partial charge in [-0.05, 0) is 24.3 Å². The van der Waals surface area contributed by atoms with Crippen LogP contribution >= 0.6 is 11.6 Å². The number of methoxy groups -OCH3 is 1. The van der Waals surface area contributed by atoms with E-state index in [9.17, 15) is 0 Å². The SMILES string of the molecule is COc1ccc(C(=N)Cl)cc1. The van der Waals surface area contributed by atoms with Crippen molar-refractivity contribution in [3.63, 3.8) is 0 Å². The largest absolute Gasteiger partial charge is 0.497 e. The van der Waals surface area contributed by atoms with E-state index in [2.05, 4.69) is 0 Å². The number of halogens is 1. The lowest BCUT2D eigenvalue weighted by Gasteiger charge is -1.99. The summed E-state index contributed by atoms with van der Waals surface area (Å²) in [5.74, 6) is 0.770. The first-order chi connectivity index (χ1) is 5.24. The van der Waals surface area contributed by atoms with Crippen LogP contribution in [-0.4, -0.2) is 12.3 Å². The Bertz CT molecular complexity index is 255. The zero-order valence-corrected chi connectivity index (χ0v) is 6.85. The van der Waals surface area contributed by atoms with E-state index in [1.165, 1.54) is 0 Å². The van der Waals surface area contributed by atoms with Crippen LogP contribution in [0.15, 0.2) is 24.3 Å². The average molecular weight is 170 g/mol. The second-order valence-electron chi connectivity index (χ2n) is 2.04. The summed E-state index contributed by atoms with van der Waals surface area (Å²) in [5, 5.41) is 7.14. The van der Waals surface area contributed by atoms with Gasteiger partial charge in [-0.1, -0.05) is 11.6 Å². The second-order valence-corrected chi connectivity index (χ2v) is 2.42. The molecule has 0 unspecified atom stereocenters. The lowest BCUT2D eigenvalue weighted by molar-refractivity contribution is 0.415. The van der Waals surface area contributed by atoms with Crippen LogP contribution < -0.4 is 4.74 Å². The lowest BCUT2D eigenvalue weighted by atomic mass is 10.2. The van der Waals surface area contributed by atoms with Crippen molar-refractivity contribution < 1.29 is 4.74 Å². The molecule has 0 bridgehead atoms. The van der Waals surface area contributed by atoms with Crippen LogP contribution in [0.4, 0.5) is 0 Å². The van der Waals surface area contributed by atoms with Gasteiger partial charge in [0.05, 0.1) is 7.11 Å². The molecule has 11 heavy (non-hydrogen) atoms. The van der Waals surface area contributed by atoms with E-state index in [-0.39, 0.29) is 5.17 Å². The highest BCUT2D eigenvalue weighted by Gasteiger charge is 1.96. The van der Waals surface area contributed by atoms with Crippen LogP contribution in [0, 0.1) is 5.41 Å². The van der Waals surface area contributed by atoms with Gasteiger partial charge >= 0.3 is 0 Å². The summed E-state index contributed by atoms with van der Waals surface area (Å²) in [7, 11) is 1.60. The Morgan fingerprint density at radius 1 is 1.36 bits per heavy atom. The van der Waals surface area contributed by atoms with Crippen LogP contribution in [0.25, 0.3) is 0 Å². The number of rotatable bonds is 2. The molecule has 3 heteroatoms. The van der Waals surface area contributed by atoms with Gasteiger partial charge in [-0.2, -0.15) is 0 Å². The Hall–Kier alpha value is -1.02. The van der Waals surface area contributed by atoms with Crippen molar-refractivity contribution in [3.8, 4) is 5.75 Å². The summed E-state index contributed by atoms with van der Waals surface area (Å²) in [6, 6.07) is 7.03. The molecule has 0 aromatic heterocycles. The molecule has 0 fully saturated rings. The molecule has 0 heterocycles. The summed E-state index contributed by atoms with van der Waals surface area (Å²) in [6.45, 7) is 0. The molecule has 1 N–H and O–H groups in total. The molecular weight excluding hydrogens is 162 g/mol. The predicted octanol–water partition coefficient (Wildman–Crippen LogP) is 2.26. The Morgan fingerprint density at radius 2 is 1.91 bits per heavy atom. The third kappa shape index (κ3) is 1.95. The predicted molar refractivity (Wildman–Crippen MR) is 45.7 cm³/mol. The minimum absolute atomic E-state index is 0.0488. The van der Waals surface area contributed by atoms with Gasteiger partial charge in [0.25, 0.3) is 0 Å². The van der Waals surface area contributed by atoms with Gasteiger partial charge in [0.15, 0.2) is 0 Å². The van der Waals surface area contributed by atoms with E-state index >= 15 is 0 Å². The van der Waals surface area contributed by atoms with Crippen molar-refractivity contribution >= 4 is 16.8 Å². The highest BCUT2D eigenvalue weighted by atomic mass is 35.5. The van der Waals surface area contributed by atoms with Crippen molar-refractivity contribution in [2.75, 3.05) is 7.11 Å². The highest BCUT2D eigenvalue weighted by Crippen LogP contribution is 2.12. The van der Waals surface area contributed by atoms with E-state index in [0.717, 1.165) is 5.75 Å². The highest BCUT2D eigenvalue weighted by molar-refractivity contribution is 6.68. The molecule has 0 radical (unpaired) electrons. The number of benzene rings is 1. The van der Waals surface area contributed by atoms with E-state index in [4.69, 9.17) is 21.7 Å². The molecule has 0 aliphatic carbocycles. The molecule has 1 aromatic carbocycles. The van der Waals surface area contributed by atoms with Gasteiger partial charge in [-0.3, -0.25) is 5.41 Å². The minimum Gasteiger partial charge on any atom is -0.497 e. The Morgan fingerprint density at radius 3 is 2.27 bits per heavy atom. The summed E-state index contributed by atoms with van der Waals surface area (Å²) >= 11 is 5.44. The molecule has 0 saturated heterocycles. The van der Waals surface area contributed by atoms with Crippen LogP contribution in [0.3, 0.4) is 0 Å². The van der Waals surface area contributed by atoms with Crippen molar-refractivity contribution in [1.82, 2.24) is 0 Å². The van der Waals surface area contributed by atoms with Crippen molar-refractivity contribution in [2.24, 2.45) is 0 Å². The Labute approximate surface area is 70.3 Å². The number of nitrogens with one attached hydrogen (secondary N) is 1. The van der Waals surface area contributed by atoms with Crippen molar-refractivity contribution in [3.05, 3.63) is 29.8 Å². The fourth-order valence-electron chi connectivity index (χ4n) is 0.737. The smallest absolute Gasteiger partial charge is 0.128 e. The van der Waals surface area contributed by atoms with Crippen molar-refractivity contribution in [1.29, 1.82) is 5.41 Å². The molecule has 58 valence electrons. The molecule has 0 aliphatic heterocycles. The number of hydrogen-bond donors (Lipinski definition) is 1. The molecule has 0 aliphatic rings. The molecule has 0 atom stereocenters. The van der Waals surface area contributed by atoms with Crippen LogP contribution in [-0.2, 0) is 0 Å². The molecule has 2 nitrogen and oxygen atoms in total. The molecule has 0 spiro atoms. The van der Waals surface area contributed by atoms with E-state index in [1.54, 1.807) is 31.4 Å². The maximum atomic E-state index is 7.09. The zero-order chi connectivity index (χ0) is 8.27. The first-order valence-electron chi connectivity index (χ1n) is 3.12. The topological polar surface area (TPSA) is 33.1 Å². The molecule has 1 aromatic rings. The standard InChI is InChI=1S/C8H8ClNO/c1-11-7-4-2-6(3-5-7)8(9)10/h2-5,10H,1H3. The maximum Gasteiger partial charge on any atom is 0.128 e. The third-order valence-electron chi connectivity index (χ3n) is 1.34. The third-order valence-corrected chi connectivity index (χ3v) is 1.56. The van der Waals surface area contributed by atoms with Gasteiger partial charge in [-0.15, -0.1) is 0 Å². The Balaban J connectivity index is 2.91. The summed E-state index contributed by atoms with van der Waals surface area (Å²) in [6.07, 6.45) is 0. The quantitative estimate of drug-likeness (QED) is 0.677. The molecule has 0 amide bonds. The van der Waals surface area contributed by atoms with Crippen LogP contribution in [0.2, 0.25) is 0 Å². The van der Waals surface area contributed by atoms with Gasteiger partial charge in [-0.25, -0.2) is 0 Å². The fraction of sp³-hybridized carbons (Fsp3) is 0.125. The molecule has 1 rings (SSSR count). The monoisotopic (exact) mass is 169 g/mol. The second kappa shape index (κ2) is 3.39. The van der Waals surface area contributed by atoms with Crippen LogP contribution in [0.1, 0.15) is 5.56 Å². The lowest BCUT2D eigenvalue weighted by Crippen LogP contribution is -1.88. The van der Waals surface area contributed by atoms with E-state index in [0.29, 0.717) is 5.56 Å². The normalized spacial score (nSPS) is 9.27. The maximum absolute atomic E-state index is 7.09. The van der Waals surface area contributed by atoms with E-state index < -0.39 is 0 Å². The Kier molecular flexibility index (Phi) is 2.49. The summed E-state index contributed by atoms with van der Waals surface area (Å²) < 4.78 is 4.94. The van der Waals surface area contributed by atoms with Gasteiger partial charge in [0, 0.05) is 5.56 Å². The number of ether oxygens (including phenoxy) is 1. The van der Waals surface area contributed by atoms with E-state index in [1.807, 2.05) is 0 Å². The van der Waals surface area contributed by atoms with Crippen LogP contribution in [0.5, 0.6) is 5.75 Å². The number of hydrogen-bond acceptors (Lipinski definition) is 2. The average Bonchev–Trinajstić information content (AvgIpc) is 2.05. The first kappa shape index (κ1) is 8.08. The minimum atomic E-state index is 0.0488. The fourth-order valence-corrected chi connectivity index (χ4v) is 0.863. The first-order valence-corrected chi connectivity index (χ1v) is 3.50. The molecule has 0 saturated carbocycles. The van der Waals surface area contributed by atoms with Gasteiger partial charge in [0.1, 0.15) is 10.9 Å². The zero-order valence-electron chi connectivity index (χ0n) is 6.10. The van der Waals surface area contributed by atoms with Gasteiger partial charge in [0.2, 0.25) is 0 Å². The molecular formula is C8H8ClNO.